The maximum atomic E-state index is 8.09. The topological polar surface area (TPSA) is 19.6 Å². The Morgan fingerprint density at radius 3 is 2.34 bits per heavy atom. The van der Waals surface area contributed by atoms with Gasteiger partial charge in [0.25, 0.3) is 0 Å². The van der Waals surface area contributed by atoms with Crippen molar-refractivity contribution in [1.29, 1.82) is 0 Å². The molecule has 0 spiro atoms. The number of anilines is 3. The van der Waals surface area contributed by atoms with Crippen LogP contribution in [0.2, 0.25) is 0 Å². The molecule has 0 amide bonds. The maximum absolute atomic E-state index is 8.09. The average Bonchev–Trinajstić information content (AvgIpc) is 3.27. The summed E-state index contributed by atoms with van der Waals surface area (Å²) in [4.78, 5) is 3.61. The summed E-state index contributed by atoms with van der Waals surface area (Å²) in [7, 11) is 0. The smallest absolute Gasteiger partial charge is 0.140 e. The van der Waals surface area contributed by atoms with Crippen LogP contribution in [-0.2, 0) is 0 Å². The van der Waals surface area contributed by atoms with E-state index in [9.17, 15) is 0 Å². The van der Waals surface area contributed by atoms with Crippen molar-refractivity contribution in [1.82, 2.24) is 0 Å². The molecule has 0 saturated heterocycles. The Labute approximate surface area is 174 Å². The van der Waals surface area contributed by atoms with E-state index in [2.05, 4.69) is 41.3 Å². The number of benzene rings is 4. The number of para-hydroxylation sites is 2. The molecule has 0 aliphatic carbocycles. The third-order valence-corrected chi connectivity index (χ3v) is 6.14. The lowest BCUT2D eigenvalue weighted by atomic mass is 10.0. The lowest BCUT2D eigenvalue weighted by molar-refractivity contribution is 0.665. The zero-order valence-electron chi connectivity index (χ0n) is 19.3. The summed E-state index contributed by atoms with van der Waals surface area (Å²) in [5.41, 5.74) is 5.25. The summed E-state index contributed by atoms with van der Waals surface area (Å²) < 4.78 is 30.6. The zero-order chi connectivity index (χ0) is 22.2. The standard InChI is InChI=1S/C26H22N2O/c1-16-22(28-17(2)27(3)23-10-6-7-11-24(23)28)13-12-20-21-14-18-8-4-5-9-19(18)15-25(21)29-26(16)20/h4-15,17H,1-3H3/t17-/m0/s1/i3D3. The van der Waals surface area contributed by atoms with Gasteiger partial charge in [0, 0.05) is 33.1 Å². The van der Waals surface area contributed by atoms with Gasteiger partial charge in [0.2, 0.25) is 0 Å². The Bertz CT molecular complexity index is 1520. The van der Waals surface area contributed by atoms with Gasteiger partial charge in [0.05, 0.1) is 11.4 Å². The molecular formula is C26H22N2O. The molecule has 1 aliphatic heterocycles. The SMILES string of the molecule is [2H]C([2H])([2H])N1c2ccccc2N(c2ccc3c(oc4cc5ccccc5cc43)c2C)[C@H]1C. The van der Waals surface area contributed by atoms with Crippen LogP contribution >= 0.6 is 0 Å². The minimum Gasteiger partial charge on any atom is -0.456 e. The van der Waals surface area contributed by atoms with E-state index in [1.54, 1.807) is 0 Å². The van der Waals surface area contributed by atoms with Gasteiger partial charge in [-0.1, -0.05) is 36.4 Å². The van der Waals surface area contributed by atoms with Crippen molar-refractivity contribution in [3.63, 3.8) is 0 Å². The summed E-state index contributed by atoms with van der Waals surface area (Å²) in [6.07, 6.45) is -0.358. The van der Waals surface area contributed by atoms with Crippen molar-refractivity contribution < 1.29 is 8.53 Å². The Balaban J connectivity index is 1.57. The zero-order valence-corrected chi connectivity index (χ0v) is 16.3. The van der Waals surface area contributed by atoms with Gasteiger partial charge >= 0.3 is 0 Å². The van der Waals surface area contributed by atoms with Crippen LogP contribution < -0.4 is 9.80 Å². The molecule has 3 nitrogen and oxygen atoms in total. The minimum atomic E-state index is -2.23. The van der Waals surface area contributed by atoms with Crippen molar-refractivity contribution in [2.75, 3.05) is 16.8 Å². The summed E-state index contributed by atoms with van der Waals surface area (Å²) in [6.45, 7) is 1.75. The number of rotatable bonds is 1. The van der Waals surface area contributed by atoms with Crippen molar-refractivity contribution in [3.05, 3.63) is 78.4 Å². The van der Waals surface area contributed by atoms with E-state index >= 15 is 0 Å². The van der Waals surface area contributed by atoms with E-state index in [0.717, 1.165) is 50.0 Å². The number of hydrogen-bond donors (Lipinski definition) is 0. The molecule has 0 N–H and O–H groups in total. The van der Waals surface area contributed by atoms with Crippen LogP contribution in [0.5, 0.6) is 0 Å². The fraction of sp³-hybridized carbons (Fsp3) is 0.154. The fourth-order valence-electron chi connectivity index (χ4n) is 4.63. The van der Waals surface area contributed by atoms with Crippen LogP contribution in [0.1, 0.15) is 16.6 Å². The van der Waals surface area contributed by atoms with Crippen LogP contribution in [0.15, 0.2) is 77.2 Å². The largest absolute Gasteiger partial charge is 0.456 e. The summed E-state index contributed by atoms with van der Waals surface area (Å²) in [5.74, 6) is 0. The highest BCUT2D eigenvalue weighted by atomic mass is 16.3. The van der Waals surface area contributed by atoms with Crippen molar-refractivity contribution in [3.8, 4) is 0 Å². The first kappa shape index (κ1) is 13.7. The molecule has 5 aromatic rings. The first-order chi connectivity index (χ1) is 15.3. The van der Waals surface area contributed by atoms with Crippen LogP contribution in [0.25, 0.3) is 32.7 Å². The predicted octanol–water partition coefficient (Wildman–Crippen LogP) is 6.98. The molecule has 0 saturated carbocycles. The number of aryl methyl sites for hydroxylation is 1. The molecule has 0 fully saturated rings. The molecule has 29 heavy (non-hydrogen) atoms. The molecule has 142 valence electrons. The van der Waals surface area contributed by atoms with Crippen LogP contribution in [0.3, 0.4) is 0 Å². The summed E-state index contributed by atoms with van der Waals surface area (Å²) in [5, 5.41) is 4.49. The normalized spacial score (nSPS) is 18.3. The molecule has 4 aromatic carbocycles. The van der Waals surface area contributed by atoms with E-state index in [1.165, 1.54) is 10.3 Å². The Morgan fingerprint density at radius 2 is 1.55 bits per heavy atom. The second kappa shape index (κ2) is 5.77. The van der Waals surface area contributed by atoms with Gasteiger partial charge in [-0.2, -0.15) is 0 Å². The molecular weight excluding hydrogens is 356 g/mol. The third-order valence-electron chi connectivity index (χ3n) is 6.14. The van der Waals surface area contributed by atoms with Gasteiger partial charge in [-0.3, -0.25) is 0 Å². The number of furan rings is 1. The fourth-order valence-corrected chi connectivity index (χ4v) is 4.63. The predicted molar refractivity (Wildman–Crippen MR) is 122 cm³/mol. The first-order valence-corrected chi connectivity index (χ1v) is 9.87. The van der Waals surface area contributed by atoms with Gasteiger partial charge in [-0.15, -0.1) is 0 Å². The molecule has 0 bridgehead atoms. The maximum Gasteiger partial charge on any atom is 0.140 e. The van der Waals surface area contributed by atoms with E-state index < -0.39 is 6.98 Å². The third kappa shape index (κ3) is 2.18. The first-order valence-electron chi connectivity index (χ1n) is 11.4. The molecule has 0 radical (unpaired) electrons. The molecule has 0 unspecified atom stereocenters. The minimum absolute atomic E-state index is 0.358. The summed E-state index contributed by atoms with van der Waals surface area (Å²) >= 11 is 0. The van der Waals surface area contributed by atoms with Crippen molar-refractivity contribution in [2.45, 2.75) is 20.0 Å². The second-order valence-electron chi connectivity index (χ2n) is 7.74. The van der Waals surface area contributed by atoms with Crippen molar-refractivity contribution >= 4 is 49.8 Å². The molecule has 6 rings (SSSR count). The number of hydrogen-bond acceptors (Lipinski definition) is 3. The van der Waals surface area contributed by atoms with Gasteiger partial charge < -0.3 is 14.2 Å². The van der Waals surface area contributed by atoms with Gasteiger partial charge in [-0.25, -0.2) is 0 Å². The van der Waals surface area contributed by atoms with Crippen LogP contribution in [-0.4, -0.2) is 13.1 Å². The molecule has 1 aliphatic rings. The van der Waals surface area contributed by atoms with E-state index in [1.807, 2.05) is 50.2 Å². The van der Waals surface area contributed by atoms with E-state index in [-0.39, 0.29) is 6.17 Å². The van der Waals surface area contributed by atoms with E-state index in [4.69, 9.17) is 8.53 Å². The van der Waals surface area contributed by atoms with Crippen molar-refractivity contribution in [2.24, 2.45) is 0 Å². The number of fused-ring (bicyclic) bond motifs is 5. The lowest BCUT2D eigenvalue weighted by Crippen LogP contribution is -2.35. The van der Waals surface area contributed by atoms with Crippen LogP contribution in [0, 0.1) is 6.92 Å². The Morgan fingerprint density at radius 1 is 0.828 bits per heavy atom. The van der Waals surface area contributed by atoms with Gasteiger partial charge in [-0.05, 0) is 61.0 Å². The Hall–Kier alpha value is -3.46. The van der Waals surface area contributed by atoms with E-state index in [0.29, 0.717) is 0 Å². The summed E-state index contributed by atoms with van der Waals surface area (Å²) in [6, 6.07) is 24.4. The van der Waals surface area contributed by atoms with Gasteiger partial charge in [0.1, 0.15) is 17.3 Å². The number of nitrogens with zero attached hydrogens (tertiary/aromatic N) is 2. The van der Waals surface area contributed by atoms with Crippen LogP contribution in [0.4, 0.5) is 17.1 Å². The lowest BCUT2D eigenvalue weighted by Gasteiger charge is -2.29. The highest BCUT2D eigenvalue weighted by molar-refractivity contribution is 6.11. The highest BCUT2D eigenvalue weighted by Gasteiger charge is 2.32. The highest BCUT2D eigenvalue weighted by Crippen LogP contribution is 2.46. The monoisotopic (exact) mass is 381 g/mol. The average molecular weight is 381 g/mol. The molecule has 3 heteroatoms. The molecule has 1 aromatic heterocycles. The van der Waals surface area contributed by atoms with Gasteiger partial charge in [0.15, 0.2) is 0 Å². The Kier molecular flexibility index (Phi) is 2.72. The second-order valence-corrected chi connectivity index (χ2v) is 7.74. The quantitative estimate of drug-likeness (QED) is 0.312. The molecule has 1 atom stereocenters. The molecule has 2 heterocycles.